The van der Waals surface area contributed by atoms with E-state index in [0.717, 1.165) is 16.6 Å². The predicted molar refractivity (Wildman–Crippen MR) is 168 cm³/mol. The zero-order valence-corrected chi connectivity index (χ0v) is 25.5. The molecule has 230 valence electrons. The van der Waals surface area contributed by atoms with Crippen molar-refractivity contribution in [3.63, 3.8) is 0 Å². The van der Waals surface area contributed by atoms with Gasteiger partial charge in [0, 0.05) is 52.2 Å². The summed E-state index contributed by atoms with van der Waals surface area (Å²) in [6, 6.07) is 24.4. The summed E-state index contributed by atoms with van der Waals surface area (Å²) in [7, 11) is 0. The van der Waals surface area contributed by atoms with Crippen LogP contribution in [0, 0.1) is 11.6 Å². The average molecular weight is 677 g/mol. The number of carbonyl (C=O) groups is 1. The number of nitrogens with zero attached hydrogens (tertiary/aromatic N) is 4. The number of aliphatic hydroxyl groups excluding tert-OH is 1. The van der Waals surface area contributed by atoms with Crippen LogP contribution in [0.2, 0.25) is 0 Å². The van der Waals surface area contributed by atoms with Crippen LogP contribution < -0.4 is 10.1 Å². The molecule has 45 heavy (non-hydrogen) atoms. The van der Waals surface area contributed by atoms with Crippen molar-refractivity contribution < 1.29 is 28.2 Å². The number of benzene rings is 4. The number of hydrogen-bond acceptors (Lipinski definition) is 6. The molecule has 0 fully saturated rings. The molecule has 1 aliphatic heterocycles. The Kier molecular flexibility index (Phi) is 10.1. The molecule has 0 aromatic heterocycles. The fourth-order valence-corrected chi connectivity index (χ4v) is 5.30. The molecule has 2 atom stereocenters. The van der Waals surface area contributed by atoms with E-state index in [0.29, 0.717) is 41.2 Å². The standard InChI is InChI=1S/C33H28BrF2N5O4/c34-24-13-9-21(10-14-24)30-33(19-23-5-1-2-8-29(23)40-41-37,32(43)38-20-26-27(35)6-3-7-28(26)36)39-31(45-30)22-11-15-25(16-12-22)44-18-4-17-42/h1-3,5-16,30,42H,4,17-20H2,(H,38,43)/t30-,33-/m1/s1. The number of rotatable bonds is 12. The van der Waals surface area contributed by atoms with Crippen molar-refractivity contribution in [1.29, 1.82) is 0 Å². The first-order valence-corrected chi connectivity index (χ1v) is 14.8. The van der Waals surface area contributed by atoms with Gasteiger partial charge in [-0.25, -0.2) is 13.8 Å². The fourth-order valence-electron chi connectivity index (χ4n) is 5.04. The van der Waals surface area contributed by atoms with Crippen molar-refractivity contribution >= 4 is 33.4 Å². The highest BCUT2D eigenvalue weighted by Crippen LogP contribution is 2.44. The number of amides is 1. The third-order valence-electron chi connectivity index (χ3n) is 7.29. The van der Waals surface area contributed by atoms with Gasteiger partial charge in [0.2, 0.25) is 5.90 Å². The lowest BCUT2D eigenvalue weighted by atomic mass is 9.81. The van der Waals surface area contributed by atoms with Crippen molar-refractivity contribution in [2.24, 2.45) is 10.1 Å². The lowest BCUT2D eigenvalue weighted by molar-refractivity contribution is -0.129. The molecule has 1 aliphatic rings. The van der Waals surface area contributed by atoms with Crippen LogP contribution in [0.1, 0.15) is 34.8 Å². The number of halogens is 3. The van der Waals surface area contributed by atoms with Crippen molar-refractivity contribution in [2.75, 3.05) is 13.2 Å². The Morgan fingerprint density at radius 3 is 2.44 bits per heavy atom. The van der Waals surface area contributed by atoms with E-state index in [-0.39, 0.29) is 24.5 Å². The van der Waals surface area contributed by atoms with Gasteiger partial charge in [-0.15, -0.1) is 0 Å². The van der Waals surface area contributed by atoms with Crippen LogP contribution in [0.3, 0.4) is 0 Å². The van der Waals surface area contributed by atoms with Crippen molar-refractivity contribution in [3.8, 4) is 5.75 Å². The fraction of sp³-hybridized carbons (Fsp3) is 0.212. The highest BCUT2D eigenvalue weighted by Gasteiger charge is 2.53. The number of aliphatic imine (C=N–C) groups is 1. The molecule has 0 bridgehead atoms. The van der Waals surface area contributed by atoms with Crippen LogP contribution in [-0.2, 0) is 22.5 Å². The van der Waals surface area contributed by atoms with E-state index >= 15 is 0 Å². The number of nitrogens with one attached hydrogen (secondary N) is 1. The zero-order chi connectivity index (χ0) is 31.8. The van der Waals surface area contributed by atoms with Gasteiger partial charge in [-0.3, -0.25) is 4.79 Å². The summed E-state index contributed by atoms with van der Waals surface area (Å²) in [5.41, 5.74) is 9.22. The molecule has 0 spiro atoms. The molecule has 4 aromatic rings. The monoisotopic (exact) mass is 675 g/mol. The zero-order valence-electron chi connectivity index (χ0n) is 23.9. The van der Waals surface area contributed by atoms with Gasteiger partial charge in [0.1, 0.15) is 17.4 Å². The molecule has 2 N–H and O–H groups in total. The second kappa shape index (κ2) is 14.3. The molecule has 5 rings (SSSR count). The molecule has 1 amide bonds. The van der Waals surface area contributed by atoms with Gasteiger partial charge in [0.15, 0.2) is 11.6 Å². The maximum absolute atomic E-state index is 14.5. The van der Waals surface area contributed by atoms with Crippen LogP contribution >= 0.6 is 15.9 Å². The summed E-state index contributed by atoms with van der Waals surface area (Å²) < 4.78 is 42.0. The maximum atomic E-state index is 14.5. The topological polar surface area (TPSA) is 129 Å². The molecular formula is C33H28BrF2N5O4. The molecule has 0 aliphatic carbocycles. The lowest BCUT2D eigenvalue weighted by Gasteiger charge is -2.31. The van der Waals surface area contributed by atoms with E-state index in [1.807, 2.05) is 0 Å². The minimum absolute atomic E-state index is 0.0106. The van der Waals surface area contributed by atoms with E-state index in [2.05, 4.69) is 31.3 Å². The Hall–Kier alpha value is -4.77. The predicted octanol–water partition coefficient (Wildman–Crippen LogP) is 7.25. The first-order valence-electron chi connectivity index (χ1n) is 14.0. The van der Waals surface area contributed by atoms with Crippen molar-refractivity contribution in [1.82, 2.24) is 5.32 Å². The minimum atomic E-state index is -1.69. The summed E-state index contributed by atoms with van der Waals surface area (Å²) >= 11 is 3.44. The van der Waals surface area contributed by atoms with E-state index < -0.39 is 35.7 Å². The van der Waals surface area contributed by atoms with Crippen molar-refractivity contribution in [2.45, 2.75) is 31.0 Å². The smallest absolute Gasteiger partial charge is 0.252 e. The molecule has 9 nitrogen and oxygen atoms in total. The number of carbonyl (C=O) groups excluding carboxylic acids is 1. The normalized spacial score (nSPS) is 17.2. The highest BCUT2D eigenvalue weighted by molar-refractivity contribution is 9.10. The minimum Gasteiger partial charge on any atom is -0.494 e. The average Bonchev–Trinajstić information content (AvgIpc) is 3.43. The number of ether oxygens (including phenoxy) is 2. The van der Waals surface area contributed by atoms with Gasteiger partial charge >= 0.3 is 0 Å². The number of aliphatic hydroxyl groups is 1. The van der Waals surface area contributed by atoms with Crippen LogP contribution in [0.25, 0.3) is 10.4 Å². The maximum Gasteiger partial charge on any atom is 0.252 e. The Morgan fingerprint density at radius 2 is 1.76 bits per heavy atom. The summed E-state index contributed by atoms with van der Waals surface area (Å²) in [4.78, 5) is 22.2. The first kappa shape index (κ1) is 31.6. The molecule has 0 radical (unpaired) electrons. The summed E-state index contributed by atoms with van der Waals surface area (Å²) in [5, 5.41) is 15.5. The Morgan fingerprint density at radius 1 is 1.04 bits per heavy atom. The number of hydrogen-bond donors (Lipinski definition) is 2. The molecule has 0 saturated carbocycles. The second-order valence-electron chi connectivity index (χ2n) is 10.2. The summed E-state index contributed by atoms with van der Waals surface area (Å²) in [6.07, 6.45) is -0.566. The van der Waals surface area contributed by atoms with Crippen LogP contribution in [-0.4, -0.2) is 35.7 Å². The molecule has 12 heteroatoms. The van der Waals surface area contributed by atoms with Gasteiger partial charge in [0.05, 0.1) is 6.61 Å². The largest absolute Gasteiger partial charge is 0.494 e. The molecule has 0 unspecified atom stereocenters. The molecule has 0 saturated heterocycles. The van der Waals surface area contributed by atoms with E-state index in [4.69, 9.17) is 19.6 Å². The first-order chi connectivity index (χ1) is 21.8. The Balaban J connectivity index is 1.61. The van der Waals surface area contributed by atoms with Crippen molar-refractivity contribution in [3.05, 3.63) is 140 Å². The van der Waals surface area contributed by atoms with Crippen LogP contribution in [0.5, 0.6) is 5.75 Å². The third kappa shape index (κ3) is 7.15. The van der Waals surface area contributed by atoms with Crippen LogP contribution in [0.4, 0.5) is 14.5 Å². The molecule has 1 heterocycles. The van der Waals surface area contributed by atoms with E-state index in [9.17, 15) is 19.1 Å². The van der Waals surface area contributed by atoms with Gasteiger partial charge in [-0.2, -0.15) is 0 Å². The second-order valence-corrected chi connectivity index (χ2v) is 11.1. The van der Waals surface area contributed by atoms with Gasteiger partial charge in [-0.1, -0.05) is 63.5 Å². The van der Waals surface area contributed by atoms with Gasteiger partial charge < -0.3 is 19.9 Å². The third-order valence-corrected chi connectivity index (χ3v) is 7.82. The van der Waals surface area contributed by atoms with Crippen LogP contribution in [0.15, 0.2) is 106 Å². The molecular weight excluding hydrogens is 648 g/mol. The molecule has 4 aromatic carbocycles. The quantitative estimate of drug-likeness (QED) is 0.0709. The lowest BCUT2D eigenvalue weighted by Crippen LogP contribution is -2.49. The highest BCUT2D eigenvalue weighted by atomic mass is 79.9. The van der Waals surface area contributed by atoms with Gasteiger partial charge in [0.25, 0.3) is 5.91 Å². The Bertz CT molecular complexity index is 1730. The summed E-state index contributed by atoms with van der Waals surface area (Å²) in [6.45, 7) is -0.0824. The Labute approximate surface area is 266 Å². The summed E-state index contributed by atoms with van der Waals surface area (Å²) in [5.74, 6) is -1.49. The SMILES string of the molecule is [N-]=[N+]=Nc1ccccc1C[C@@]1(C(=O)NCc2c(F)cccc2F)N=C(c2ccc(OCCCO)cc2)O[C@@H]1c1ccc(Br)cc1. The van der Waals surface area contributed by atoms with E-state index in [1.165, 1.54) is 6.07 Å². The van der Waals surface area contributed by atoms with Gasteiger partial charge in [-0.05, 0) is 65.2 Å². The number of azide groups is 1. The van der Waals surface area contributed by atoms with E-state index in [1.54, 1.807) is 72.8 Å².